The molecule has 0 aliphatic carbocycles. The minimum atomic E-state index is -0.170. The highest BCUT2D eigenvalue weighted by Gasteiger charge is 2.15. The van der Waals surface area contributed by atoms with E-state index in [0.717, 1.165) is 43.6 Å². The molecule has 0 bridgehead atoms. The van der Waals surface area contributed by atoms with E-state index in [1.54, 1.807) is 6.92 Å². The van der Waals surface area contributed by atoms with E-state index in [1.165, 1.54) is 0 Å². The highest BCUT2D eigenvalue weighted by molar-refractivity contribution is 5.94. The number of aliphatic hydroxyl groups is 1. The Hall–Kier alpha value is -1.35. The van der Waals surface area contributed by atoms with Gasteiger partial charge in [-0.15, -0.1) is 0 Å². The van der Waals surface area contributed by atoms with Crippen LogP contribution < -0.4 is 4.90 Å². The summed E-state index contributed by atoms with van der Waals surface area (Å²) in [7, 11) is 0. The van der Waals surface area contributed by atoms with E-state index in [0.29, 0.717) is 0 Å². The van der Waals surface area contributed by atoms with E-state index in [1.807, 2.05) is 24.3 Å². The summed E-state index contributed by atoms with van der Waals surface area (Å²) in [4.78, 5) is 13.6. The van der Waals surface area contributed by atoms with Gasteiger partial charge in [0, 0.05) is 24.3 Å². The van der Waals surface area contributed by atoms with Crippen LogP contribution >= 0.6 is 0 Å². The first-order chi connectivity index (χ1) is 8.16. The summed E-state index contributed by atoms with van der Waals surface area (Å²) in [6.45, 7) is 3.41. The van der Waals surface area contributed by atoms with Crippen LogP contribution in [0, 0.1) is 0 Å². The van der Waals surface area contributed by atoms with Gasteiger partial charge in [-0.3, -0.25) is 4.79 Å². The third-order valence-corrected chi connectivity index (χ3v) is 3.32. The van der Waals surface area contributed by atoms with E-state index in [-0.39, 0.29) is 11.9 Å². The second-order valence-electron chi connectivity index (χ2n) is 4.68. The lowest BCUT2D eigenvalue weighted by Gasteiger charge is -2.23. The standard InChI is InChI=1S/C14H19NO2/c1-11(16)12-4-2-5-13(10-12)15-8-3-6-14(17)7-9-15/h2,4-5,10,14,17H,3,6-9H2,1H3. The van der Waals surface area contributed by atoms with Crippen molar-refractivity contribution in [1.29, 1.82) is 0 Å². The van der Waals surface area contributed by atoms with Crippen LogP contribution in [0.3, 0.4) is 0 Å². The molecule has 1 fully saturated rings. The van der Waals surface area contributed by atoms with Gasteiger partial charge in [-0.25, -0.2) is 0 Å². The number of Topliss-reactive ketones (excluding diaryl/α,β-unsaturated/α-hetero) is 1. The molecule has 1 aliphatic rings. The third-order valence-electron chi connectivity index (χ3n) is 3.32. The SMILES string of the molecule is CC(=O)c1cccc(N2CCCC(O)CC2)c1. The third kappa shape index (κ3) is 3.07. The van der Waals surface area contributed by atoms with Crippen LogP contribution in [0.4, 0.5) is 5.69 Å². The molecule has 0 radical (unpaired) electrons. The molecule has 1 N–H and O–H groups in total. The van der Waals surface area contributed by atoms with E-state index < -0.39 is 0 Å². The lowest BCUT2D eigenvalue weighted by molar-refractivity contribution is 0.101. The molecule has 1 saturated heterocycles. The fraction of sp³-hybridized carbons (Fsp3) is 0.500. The average molecular weight is 233 g/mol. The molecule has 1 heterocycles. The van der Waals surface area contributed by atoms with Gasteiger partial charge in [0.05, 0.1) is 6.10 Å². The maximum atomic E-state index is 11.3. The zero-order valence-corrected chi connectivity index (χ0v) is 10.2. The summed E-state index contributed by atoms with van der Waals surface area (Å²) in [6.07, 6.45) is 2.52. The number of aliphatic hydroxyl groups excluding tert-OH is 1. The Morgan fingerprint density at radius 1 is 1.35 bits per heavy atom. The highest BCUT2D eigenvalue weighted by Crippen LogP contribution is 2.21. The topological polar surface area (TPSA) is 40.5 Å². The van der Waals surface area contributed by atoms with Crippen molar-refractivity contribution in [1.82, 2.24) is 0 Å². The number of benzene rings is 1. The first-order valence-corrected chi connectivity index (χ1v) is 6.21. The van der Waals surface area contributed by atoms with E-state index in [2.05, 4.69) is 4.90 Å². The van der Waals surface area contributed by atoms with Gasteiger partial charge in [-0.1, -0.05) is 12.1 Å². The monoisotopic (exact) mass is 233 g/mol. The molecule has 3 nitrogen and oxygen atoms in total. The Kier molecular flexibility index (Phi) is 3.79. The van der Waals surface area contributed by atoms with Crippen molar-refractivity contribution in [3.8, 4) is 0 Å². The molecule has 1 atom stereocenters. The molecule has 0 spiro atoms. The van der Waals surface area contributed by atoms with Gasteiger partial charge in [-0.2, -0.15) is 0 Å². The van der Waals surface area contributed by atoms with Gasteiger partial charge < -0.3 is 10.0 Å². The fourth-order valence-corrected chi connectivity index (χ4v) is 2.26. The minimum absolute atomic E-state index is 0.0988. The average Bonchev–Trinajstić information content (AvgIpc) is 2.54. The lowest BCUT2D eigenvalue weighted by atomic mass is 10.1. The van der Waals surface area contributed by atoms with Crippen LogP contribution in [0.5, 0.6) is 0 Å². The molecule has 1 aromatic carbocycles. The molecule has 0 saturated carbocycles. The maximum absolute atomic E-state index is 11.3. The second kappa shape index (κ2) is 5.32. The lowest BCUT2D eigenvalue weighted by Crippen LogP contribution is -2.24. The number of hydrogen-bond acceptors (Lipinski definition) is 3. The first kappa shape index (κ1) is 12.1. The Balaban J connectivity index is 2.15. The van der Waals surface area contributed by atoms with E-state index >= 15 is 0 Å². The van der Waals surface area contributed by atoms with Gasteiger partial charge in [0.2, 0.25) is 0 Å². The van der Waals surface area contributed by atoms with Crippen molar-refractivity contribution in [2.24, 2.45) is 0 Å². The number of hydrogen-bond donors (Lipinski definition) is 1. The van der Waals surface area contributed by atoms with Crippen LogP contribution in [0.15, 0.2) is 24.3 Å². The quantitative estimate of drug-likeness (QED) is 0.796. The van der Waals surface area contributed by atoms with Crippen LogP contribution in [0.1, 0.15) is 36.5 Å². The number of carbonyl (C=O) groups excluding carboxylic acids is 1. The zero-order valence-electron chi connectivity index (χ0n) is 10.2. The molecule has 1 unspecified atom stereocenters. The number of nitrogens with zero attached hydrogens (tertiary/aromatic N) is 1. The Labute approximate surface area is 102 Å². The maximum Gasteiger partial charge on any atom is 0.159 e. The molecule has 1 aromatic rings. The number of anilines is 1. The van der Waals surface area contributed by atoms with Crippen molar-refractivity contribution >= 4 is 11.5 Å². The molecular weight excluding hydrogens is 214 g/mol. The Morgan fingerprint density at radius 3 is 2.94 bits per heavy atom. The van der Waals surface area contributed by atoms with Crippen LogP contribution in [-0.2, 0) is 0 Å². The molecule has 2 rings (SSSR count). The van der Waals surface area contributed by atoms with Gasteiger partial charge in [0.25, 0.3) is 0 Å². The zero-order chi connectivity index (χ0) is 12.3. The first-order valence-electron chi connectivity index (χ1n) is 6.21. The normalized spacial score (nSPS) is 21.1. The molecular formula is C14H19NO2. The summed E-state index contributed by atoms with van der Waals surface area (Å²) in [5.41, 5.74) is 1.85. The summed E-state index contributed by atoms with van der Waals surface area (Å²) < 4.78 is 0. The highest BCUT2D eigenvalue weighted by atomic mass is 16.3. The van der Waals surface area contributed by atoms with Gasteiger partial charge in [0.1, 0.15) is 0 Å². The fourth-order valence-electron chi connectivity index (χ4n) is 2.26. The van der Waals surface area contributed by atoms with Crippen molar-refractivity contribution in [3.63, 3.8) is 0 Å². The number of rotatable bonds is 2. The largest absolute Gasteiger partial charge is 0.393 e. The van der Waals surface area contributed by atoms with Crippen LogP contribution in [-0.4, -0.2) is 30.1 Å². The summed E-state index contributed by atoms with van der Waals surface area (Å²) in [5, 5.41) is 9.62. The van der Waals surface area contributed by atoms with Crippen LogP contribution in [0.2, 0.25) is 0 Å². The van der Waals surface area contributed by atoms with Crippen molar-refractivity contribution < 1.29 is 9.90 Å². The summed E-state index contributed by atoms with van der Waals surface area (Å²) >= 11 is 0. The smallest absolute Gasteiger partial charge is 0.159 e. The summed E-state index contributed by atoms with van der Waals surface area (Å²) in [5.74, 6) is 0.0988. The van der Waals surface area contributed by atoms with Gasteiger partial charge in [-0.05, 0) is 38.3 Å². The predicted molar refractivity (Wildman–Crippen MR) is 68.5 cm³/mol. The Bertz CT molecular complexity index is 403. The van der Waals surface area contributed by atoms with Gasteiger partial charge in [0.15, 0.2) is 5.78 Å². The van der Waals surface area contributed by atoms with E-state index in [9.17, 15) is 9.90 Å². The molecule has 17 heavy (non-hydrogen) atoms. The molecule has 0 amide bonds. The summed E-state index contributed by atoms with van der Waals surface area (Å²) in [6, 6.07) is 7.75. The Morgan fingerprint density at radius 2 is 2.18 bits per heavy atom. The molecule has 3 heteroatoms. The van der Waals surface area contributed by atoms with E-state index in [4.69, 9.17) is 0 Å². The number of ketones is 1. The van der Waals surface area contributed by atoms with Crippen LogP contribution in [0.25, 0.3) is 0 Å². The molecule has 0 aromatic heterocycles. The molecule has 1 aliphatic heterocycles. The minimum Gasteiger partial charge on any atom is -0.393 e. The van der Waals surface area contributed by atoms with Crippen molar-refractivity contribution in [2.75, 3.05) is 18.0 Å². The van der Waals surface area contributed by atoms with Crippen molar-refractivity contribution in [2.45, 2.75) is 32.3 Å². The van der Waals surface area contributed by atoms with Crippen molar-refractivity contribution in [3.05, 3.63) is 29.8 Å². The number of carbonyl (C=O) groups is 1. The second-order valence-corrected chi connectivity index (χ2v) is 4.68. The van der Waals surface area contributed by atoms with Gasteiger partial charge >= 0.3 is 0 Å². The molecule has 92 valence electrons. The predicted octanol–water partition coefficient (Wildman–Crippen LogP) is 2.24.